The maximum Gasteiger partial charge on any atom is 0.257 e. The number of nitrogens with zero attached hydrogens (tertiary/aromatic N) is 1. The number of anilines is 2. The first kappa shape index (κ1) is 21.1. The van der Waals surface area contributed by atoms with Crippen molar-refractivity contribution in [2.45, 2.75) is 0 Å². The second-order valence-corrected chi connectivity index (χ2v) is 7.85. The summed E-state index contributed by atoms with van der Waals surface area (Å²) >= 11 is 0. The molecule has 0 bridgehead atoms. The van der Waals surface area contributed by atoms with Gasteiger partial charge in [-0.05, 0) is 59.3 Å². The summed E-state index contributed by atoms with van der Waals surface area (Å²) in [4.78, 5) is 29.5. The number of carbonyl (C=O) groups is 2. The molecule has 164 valence electrons. The molecule has 0 spiro atoms. The van der Waals surface area contributed by atoms with Gasteiger partial charge in [0.15, 0.2) is 0 Å². The first-order valence-corrected chi connectivity index (χ1v) is 10.9. The summed E-state index contributed by atoms with van der Waals surface area (Å²) < 4.78 is 0. The summed E-state index contributed by atoms with van der Waals surface area (Å²) in [6.45, 7) is 0. The number of hydrogen-bond donors (Lipinski definition) is 2. The molecule has 0 saturated carbocycles. The van der Waals surface area contributed by atoms with Crippen molar-refractivity contribution in [3.05, 3.63) is 127 Å². The van der Waals surface area contributed by atoms with Crippen LogP contribution in [0.5, 0.6) is 0 Å². The van der Waals surface area contributed by atoms with Gasteiger partial charge in [0.25, 0.3) is 11.8 Å². The van der Waals surface area contributed by atoms with E-state index in [1.165, 1.54) is 0 Å². The highest BCUT2D eigenvalue weighted by Crippen LogP contribution is 2.21. The number of rotatable bonds is 5. The number of pyridine rings is 1. The van der Waals surface area contributed by atoms with Crippen LogP contribution in [0, 0.1) is 0 Å². The van der Waals surface area contributed by atoms with E-state index in [1.807, 2.05) is 84.9 Å². The van der Waals surface area contributed by atoms with E-state index >= 15 is 0 Å². The fourth-order valence-corrected chi connectivity index (χ4v) is 3.69. The molecule has 4 aromatic carbocycles. The lowest BCUT2D eigenvalue weighted by Gasteiger charge is -2.08. The molecule has 0 aliphatic carbocycles. The van der Waals surface area contributed by atoms with E-state index < -0.39 is 0 Å². The van der Waals surface area contributed by atoms with Gasteiger partial charge >= 0.3 is 0 Å². The Hall–Kier alpha value is -4.77. The van der Waals surface area contributed by atoms with Crippen LogP contribution in [0.1, 0.15) is 20.7 Å². The molecule has 0 fully saturated rings. The van der Waals surface area contributed by atoms with E-state index in [1.54, 1.807) is 30.5 Å². The molecule has 0 unspecified atom stereocenters. The van der Waals surface area contributed by atoms with Crippen LogP contribution in [0.2, 0.25) is 0 Å². The number of nitrogens with one attached hydrogen (secondary N) is 2. The standard InChI is InChI=1S/C29H21N3O2/c33-28(31-25-8-2-1-3-9-25)22-12-10-21(11-13-22)27-17-15-24(19-30-27)29(34)32-26-16-14-20-6-4-5-7-23(20)18-26/h1-19H,(H,31,33)(H,32,34). The van der Waals surface area contributed by atoms with Crippen LogP contribution in [-0.2, 0) is 0 Å². The van der Waals surface area contributed by atoms with Gasteiger partial charge in [0.2, 0.25) is 0 Å². The topological polar surface area (TPSA) is 71.1 Å². The second-order valence-electron chi connectivity index (χ2n) is 7.85. The van der Waals surface area contributed by atoms with Gasteiger partial charge in [-0.15, -0.1) is 0 Å². The maximum atomic E-state index is 12.7. The normalized spacial score (nSPS) is 10.6. The lowest BCUT2D eigenvalue weighted by atomic mass is 10.1. The Labute approximate surface area is 197 Å². The van der Waals surface area contributed by atoms with Crippen LogP contribution < -0.4 is 10.6 Å². The SMILES string of the molecule is O=C(Nc1ccccc1)c1ccc(-c2ccc(C(=O)Nc3ccc4ccccc4c3)cn2)cc1. The highest BCUT2D eigenvalue weighted by Gasteiger charge is 2.10. The molecule has 0 saturated heterocycles. The maximum absolute atomic E-state index is 12.7. The zero-order chi connectivity index (χ0) is 23.3. The average molecular weight is 444 g/mol. The number of amides is 2. The molecule has 0 radical (unpaired) electrons. The van der Waals surface area contributed by atoms with Gasteiger partial charge < -0.3 is 10.6 Å². The predicted molar refractivity (Wildman–Crippen MR) is 136 cm³/mol. The highest BCUT2D eigenvalue weighted by molar-refractivity contribution is 6.05. The van der Waals surface area contributed by atoms with E-state index in [4.69, 9.17) is 0 Å². The second kappa shape index (κ2) is 9.38. The Morgan fingerprint density at radius 2 is 1.21 bits per heavy atom. The van der Waals surface area contributed by atoms with Gasteiger partial charge in [-0.25, -0.2) is 0 Å². The minimum atomic E-state index is -0.220. The smallest absolute Gasteiger partial charge is 0.257 e. The fourth-order valence-electron chi connectivity index (χ4n) is 3.69. The molecule has 2 N–H and O–H groups in total. The van der Waals surface area contributed by atoms with Crippen LogP contribution in [-0.4, -0.2) is 16.8 Å². The molecule has 1 aromatic heterocycles. The summed E-state index contributed by atoms with van der Waals surface area (Å²) in [5, 5.41) is 7.98. The summed E-state index contributed by atoms with van der Waals surface area (Å²) in [5.41, 5.74) is 4.08. The summed E-state index contributed by atoms with van der Waals surface area (Å²) in [5.74, 6) is -0.395. The third kappa shape index (κ3) is 4.69. The highest BCUT2D eigenvalue weighted by atomic mass is 16.2. The van der Waals surface area contributed by atoms with Crippen molar-refractivity contribution in [1.82, 2.24) is 4.98 Å². The number of fused-ring (bicyclic) bond motifs is 1. The Balaban J connectivity index is 1.26. The van der Waals surface area contributed by atoms with Gasteiger partial charge in [0.1, 0.15) is 0 Å². The number of benzene rings is 4. The first-order valence-electron chi connectivity index (χ1n) is 10.9. The van der Waals surface area contributed by atoms with Crippen molar-refractivity contribution in [1.29, 1.82) is 0 Å². The monoisotopic (exact) mass is 443 g/mol. The van der Waals surface area contributed by atoms with Crippen LogP contribution in [0.3, 0.4) is 0 Å². The molecule has 5 aromatic rings. The molecule has 5 nitrogen and oxygen atoms in total. The lowest BCUT2D eigenvalue weighted by Crippen LogP contribution is -2.12. The van der Waals surface area contributed by atoms with Gasteiger partial charge in [-0.3, -0.25) is 14.6 Å². The zero-order valence-corrected chi connectivity index (χ0v) is 18.2. The third-order valence-electron chi connectivity index (χ3n) is 5.51. The van der Waals surface area contributed by atoms with Crippen molar-refractivity contribution < 1.29 is 9.59 Å². The Morgan fingerprint density at radius 1 is 0.559 bits per heavy atom. The number of para-hydroxylation sites is 1. The Morgan fingerprint density at radius 3 is 1.94 bits per heavy atom. The van der Waals surface area contributed by atoms with Gasteiger partial charge in [0, 0.05) is 28.7 Å². The van der Waals surface area contributed by atoms with Crippen LogP contribution in [0.25, 0.3) is 22.0 Å². The quantitative estimate of drug-likeness (QED) is 0.330. The van der Waals surface area contributed by atoms with Crippen molar-refractivity contribution >= 4 is 34.0 Å². The van der Waals surface area contributed by atoms with Crippen molar-refractivity contribution in [2.75, 3.05) is 10.6 Å². The molecule has 5 rings (SSSR count). The number of hydrogen-bond acceptors (Lipinski definition) is 3. The van der Waals surface area contributed by atoms with E-state index in [9.17, 15) is 9.59 Å². The summed E-state index contributed by atoms with van der Waals surface area (Å²) in [6.07, 6.45) is 1.56. The average Bonchev–Trinajstić information content (AvgIpc) is 2.89. The van der Waals surface area contributed by atoms with E-state index in [0.717, 1.165) is 33.4 Å². The van der Waals surface area contributed by atoms with Crippen LogP contribution in [0.15, 0.2) is 115 Å². The van der Waals surface area contributed by atoms with Crippen molar-refractivity contribution in [3.63, 3.8) is 0 Å². The summed E-state index contributed by atoms with van der Waals surface area (Å²) in [7, 11) is 0. The minimum Gasteiger partial charge on any atom is -0.322 e. The first-order chi connectivity index (χ1) is 16.7. The summed E-state index contributed by atoms with van der Waals surface area (Å²) in [6, 6.07) is 33.9. The Kier molecular flexibility index (Phi) is 5.82. The van der Waals surface area contributed by atoms with Crippen LogP contribution >= 0.6 is 0 Å². The molecule has 0 atom stereocenters. The predicted octanol–water partition coefficient (Wildman–Crippen LogP) is 6.41. The molecular weight excluding hydrogens is 422 g/mol. The Bertz CT molecular complexity index is 1460. The zero-order valence-electron chi connectivity index (χ0n) is 18.2. The molecule has 0 aliphatic rings. The van der Waals surface area contributed by atoms with E-state index in [-0.39, 0.29) is 11.8 Å². The van der Waals surface area contributed by atoms with Gasteiger partial charge in [-0.1, -0.05) is 60.7 Å². The van der Waals surface area contributed by atoms with Gasteiger partial charge in [0.05, 0.1) is 11.3 Å². The minimum absolute atomic E-state index is 0.175. The molecular formula is C29H21N3O2. The number of aromatic nitrogens is 1. The van der Waals surface area contributed by atoms with Crippen molar-refractivity contribution in [3.8, 4) is 11.3 Å². The van der Waals surface area contributed by atoms with Crippen molar-refractivity contribution in [2.24, 2.45) is 0 Å². The van der Waals surface area contributed by atoms with E-state index in [0.29, 0.717) is 11.1 Å². The van der Waals surface area contributed by atoms with Crippen LogP contribution in [0.4, 0.5) is 11.4 Å². The largest absolute Gasteiger partial charge is 0.322 e. The molecule has 5 heteroatoms. The molecule has 1 heterocycles. The molecule has 2 amide bonds. The third-order valence-corrected chi connectivity index (χ3v) is 5.51. The van der Waals surface area contributed by atoms with Gasteiger partial charge in [-0.2, -0.15) is 0 Å². The van der Waals surface area contributed by atoms with E-state index in [2.05, 4.69) is 15.6 Å². The lowest BCUT2D eigenvalue weighted by molar-refractivity contribution is 0.101. The number of carbonyl (C=O) groups excluding carboxylic acids is 2. The molecule has 0 aliphatic heterocycles. The molecule has 34 heavy (non-hydrogen) atoms. The fraction of sp³-hybridized carbons (Fsp3) is 0.